The van der Waals surface area contributed by atoms with Crippen molar-refractivity contribution < 1.29 is 38.2 Å². The Kier molecular flexibility index (Phi) is 38.9. The van der Waals surface area contributed by atoms with E-state index in [1.165, 1.54) is 167 Å². The summed E-state index contributed by atoms with van der Waals surface area (Å²) >= 11 is 0. The van der Waals surface area contributed by atoms with E-state index < -0.39 is 18.1 Å². The fourth-order valence-electron chi connectivity index (χ4n) is 7.49. The zero-order valence-corrected chi connectivity index (χ0v) is 37.8. The first-order valence-corrected chi connectivity index (χ1v) is 24.1. The molecule has 0 bridgehead atoms. The lowest BCUT2D eigenvalue weighted by atomic mass is 10.0. The summed E-state index contributed by atoms with van der Waals surface area (Å²) in [6, 6.07) is -0.719. The van der Waals surface area contributed by atoms with Gasteiger partial charge in [0.25, 0.3) is 0 Å². The van der Waals surface area contributed by atoms with Gasteiger partial charge in [0.05, 0.1) is 40.3 Å². The van der Waals surface area contributed by atoms with Crippen LogP contribution >= 0.6 is 0 Å². The van der Waals surface area contributed by atoms with Crippen molar-refractivity contribution in [1.82, 2.24) is 0 Å². The Morgan fingerprint density at radius 3 is 1.11 bits per heavy atom. The van der Waals surface area contributed by atoms with E-state index in [2.05, 4.69) is 13.8 Å². The van der Waals surface area contributed by atoms with E-state index >= 15 is 0 Å². The zero-order chi connectivity index (χ0) is 41.4. The van der Waals surface area contributed by atoms with E-state index in [0.29, 0.717) is 12.8 Å². The Morgan fingerprint density at radius 1 is 0.464 bits per heavy atom. The number of nitrogens with zero attached hydrogens (tertiary/aromatic N) is 1. The molecule has 0 heterocycles. The molecule has 0 rings (SSSR count). The average Bonchev–Trinajstić information content (AvgIpc) is 3.15. The molecule has 0 aromatic carbocycles. The third kappa shape index (κ3) is 37.9. The van der Waals surface area contributed by atoms with Crippen LogP contribution in [0, 0.1) is 0 Å². The maximum atomic E-state index is 12.7. The highest BCUT2D eigenvalue weighted by Crippen LogP contribution is 2.17. The molecule has 0 fully saturated rings. The highest BCUT2D eigenvalue weighted by atomic mass is 16.6. The molecule has 0 radical (unpaired) electrons. The van der Waals surface area contributed by atoms with Crippen molar-refractivity contribution in [2.75, 3.05) is 41.0 Å². The van der Waals surface area contributed by atoms with E-state index in [0.717, 1.165) is 38.5 Å². The third-order valence-electron chi connectivity index (χ3n) is 11.2. The van der Waals surface area contributed by atoms with Crippen LogP contribution in [0.25, 0.3) is 0 Å². The molecular weight excluding hydrogens is 703 g/mol. The van der Waals surface area contributed by atoms with E-state index in [4.69, 9.17) is 14.2 Å². The van der Waals surface area contributed by atoms with Crippen molar-refractivity contribution in [1.29, 1.82) is 0 Å². The highest BCUT2D eigenvalue weighted by Gasteiger charge is 2.25. The molecule has 0 N–H and O–H groups in total. The Labute approximate surface area is 346 Å². The Balaban J connectivity index is 4.14. The van der Waals surface area contributed by atoms with Gasteiger partial charge in [-0.05, 0) is 12.8 Å². The van der Waals surface area contributed by atoms with Crippen LogP contribution in [0.15, 0.2) is 0 Å². The first-order valence-electron chi connectivity index (χ1n) is 24.1. The quantitative estimate of drug-likeness (QED) is 0.0344. The SMILES string of the molecule is CCCCCCCCCCCCCCCCCCCCCCCCC(=O)OC(COCCC(C(=O)[O-])[N+](C)(C)C)COC(=O)CCCCCCCCCCCC. The lowest BCUT2D eigenvalue weighted by Gasteiger charge is -2.34. The van der Waals surface area contributed by atoms with Crippen molar-refractivity contribution in [2.24, 2.45) is 0 Å². The summed E-state index contributed by atoms with van der Waals surface area (Å²) in [7, 11) is 5.42. The average molecular weight is 796 g/mol. The molecular formula is C48H93NO7. The number of unbranched alkanes of at least 4 members (excludes halogenated alkanes) is 30. The molecule has 2 unspecified atom stereocenters. The maximum absolute atomic E-state index is 12.7. The molecule has 0 saturated carbocycles. The number of carboxylic acid groups (broad SMARTS) is 1. The second-order valence-corrected chi connectivity index (χ2v) is 17.7. The highest BCUT2D eigenvalue weighted by molar-refractivity contribution is 5.70. The van der Waals surface area contributed by atoms with Gasteiger partial charge in [-0.25, -0.2) is 0 Å². The molecule has 8 heteroatoms. The molecule has 0 aliphatic rings. The molecule has 0 aliphatic heterocycles. The fourth-order valence-corrected chi connectivity index (χ4v) is 7.49. The van der Waals surface area contributed by atoms with Gasteiger partial charge in [0.15, 0.2) is 6.10 Å². The predicted molar refractivity (Wildman–Crippen MR) is 231 cm³/mol. The first kappa shape index (κ1) is 54.3. The number of carboxylic acids is 1. The molecule has 0 aromatic rings. The molecule has 332 valence electrons. The van der Waals surface area contributed by atoms with Crippen LogP contribution in [-0.2, 0) is 28.6 Å². The number of carbonyl (C=O) groups excluding carboxylic acids is 3. The summed E-state index contributed by atoms with van der Waals surface area (Å²) < 4.78 is 17.2. The zero-order valence-electron chi connectivity index (χ0n) is 37.8. The third-order valence-corrected chi connectivity index (χ3v) is 11.2. The molecule has 0 aromatic heterocycles. The summed E-state index contributed by atoms with van der Waals surface area (Å²) in [4.78, 5) is 36.8. The minimum Gasteiger partial charge on any atom is -0.544 e. The second-order valence-electron chi connectivity index (χ2n) is 17.7. The Morgan fingerprint density at radius 2 is 0.786 bits per heavy atom. The van der Waals surface area contributed by atoms with Gasteiger partial charge in [-0.3, -0.25) is 9.59 Å². The van der Waals surface area contributed by atoms with Crippen LogP contribution in [0.4, 0.5) is 0 Å². The van der Waals surface area contributed by atoms with Gasteiger partial charge in [0.1, 0.15) is 12.6 Å². The van der Waals surface area contributed by atoms with Gasteiger partial charge in [-0.2, -0.15) is 0 Å². The summed E-state index contributed by atoms with van der Waals surface area (Å²) in [5.41, 5.74) is 0. The largest absolute Gasteiger partial charge is 0.544 e. The molecule has 0 saturated heterocycles. The lowest BCUT2D eigenvalue weighted by molar-refractivity contribution is -0.889. The molecule has 0 aliphatic carbocycles. The fraction of sp³-hybridized carbons (Fsp3) is 0.938. The van der Waals surface area contributed by atoms with Crippen molar-refractivity contribution >= 4 is 17.9 Å². The number of aliphatic carboxylic acids is 1. The number of likely N-dealkylation sites (N-methyl/N-ethyl adjacent to an activating group) is 1. The first-order chi connectivity index (χ1) is 27.1. The minimum absolute atomic E-state index is 0.0492. The monoisotopic (exact) mass is 796 g/mol. The number of rotatable bonds is 44. The van der Waals surface area contributed by atoms with Gasteiger partial charge >= 0.3 is 11.9 Å². The lowest BCUT2D eigenvalue weighted by Crippen LogP contribution is -2.55. The maximum Gasteiger partial charge on any atom is 0.306 e. The predicted octanol–water partition coefficient (Wildman–Crippen LogP) is 12.0. The van der Waals surface area contributed by atoms with Crippen molar-refractivity contribution in [3.8, 4) is 0 Å². The van der Waals surface area contributed by atoms with Crippen molar-refractivity contribution in [2.45, 2.75) is 251 Å². The Hall–Kier alpha value is -1.67. The van der Waals surface area contributed by atoms with Crippen molar-refractivity contribution in [3.05, 3.63) is 0 Å². The number of ether oxygens (including phenoxy) is 3. The molecule has 2 atom stereocenters. The molecule has 0 spiro atoms. The standard InChI is InChI=1S/C48H93NO7/c1-6-8-10-12-14-16-18-19-20-21-22-23-24-25-26-27-28-29-31-33-35-37-39-47(51)56-44(42-54-41-40-45(48(52)53)49(3,4)5)43-55-46(50)38-36-34-32-30-17-15-13-11-9-7-2/h44-45H,6-43H2,1-5H3. The van der Waals surface area contributed by atoms with E-state index in [1.54, 1.807) is 21.1 Å². The van der Waals surface area contributed by atoms with Crippen LogP contribution in [-0.4, -0.2) is 75.5 Å². The summed E-state index contributed by atoms with van der Waals surface area (Å²) in [6.45, 7) is 4.69. The molecule has 56 heavy (non-hydrogen) atoms. The van der Waals surface area contributed by atoms with Crippen LogP contribution in [0.2, 0.25) is 0 Å². The minimum atomic E-state index is -1.12. The normalized spacial score (nSPS) is 12.8. The van der Waals surface area contributed by atoms with Crippen molar-refractivity contribution in [3.63, 3.8) is 0 Å². The number of carbonyl (C=O) groups is 3. The Bertz CT molecular complexity index is 889. The van der Waals surface area contributed by atoms with Gasteiger partial charge in [0.2, 0.25) is 0 Å². The summed E-state index contributed by atoms with van der Waals surface area (Å²) in [5.74, 6) is -1.71. The van der Waals surface area contributed by atoms with E-state index in [-0.39, 0.29) is 42.7 Å². The smallest absolute Gasteiger partial charge is 0.306 e. The summed E-state index contributed by atoms with van der Waals surface area (Å²) in [5, 5.41) is 11.6. The van der Waals surface area contributed by atoms with Gasteiger partial charge < -0.3 is 28.6 Å². The number of hydrogen-bond acceptors (Lipinski definition) is 7. The topological polar surface area (TPSA) is 102 Å². The van der Waals surface area contributed by atoms with E-state index in [1.807, 2.05) is 0 Å². The van der Waals surface area contributed by atoms with E-state index in [9.17, 15) is 19.5 Å². The summed E-state index contributed by atoms with van der Waals surface area (Å²) in [6.07, 6.45) is 41.4. The van der Waals surface area contributed by atoms with Crippen LogP contribution < -0.4 is 5.11 Å². The molecule has 0 amide bonds. The van der Waals surface area contributed by atoms with Crippen LogP contribution in [0.1, 0.15) is 239 Å². The number of esters is 2. The van der Waals surface area contributed by atoms with Gasteiger partial charge in [-0.15, -0.1) is 0 Å². The number of quaternary nitrogens is 1. The van der Waals surface area contributed by atoms with Crippen LogP contribution in [0.5, 0.6) is 0 Å². The second kappa shape index (κ2) is 40.1. The van der Waals surface area contributed by atoms with Gasteiger partial charge in [0, 0.05) is 19.3 Å². The molecule has 8 nitrogen and oxygen atoms in total. The van der Waals surface area contributed by atoms with Crippen LogP contribution in [0.3, 0.4) is 0 Å². The van der Waals surface area contributed by atoms with Gasteiger partial charge in [-0.1, -0.05) is 206 Å². The number of hydrogen-bond donors (Lipinski definition) is 0.